The molecule has 3 rings (SSSR count). The lowest BCUT2D eigenvalue weighted by atomic mass is 10.1. The van der Waals surface area contributed by atoms with Crippen molar-refractivity contribution in [1.29, 1.82) is 0 Å². The maximum Gasteiger partial charge on any atom is 0.234 e. The number of likely N-dealkylation sites (N-methyl/N-ethyl adjacent to an activating group) is 1. The molecule has 0 bridgehead atoms. The van der Waals surface area contributed by atoms with Crippen LogP contribution < -0.4 is 5.32 Å². The molecule has 0 radical (unpaired) electrons. The van der Waals surface area contributed by atoms with Crippen molar-refractivity contribution in [3.8, 4) is 0 Å². The van der Waals surface area contributed by atoms with Crippen LogP contribution in [0, 0.1) is 0 Å². The molecule has 1 amide bonds. The molecule has 0 saturated carbocycles. The van der Waals surface area contributed by atoms with Gasteiger partial charge in [-0.3, -0.25) is 9.69 Å². The lowest BCUT2D eigenvalue weighted by molar-refractivity contribution is -0.122. The summed E-state index contributed by atoms with van der Waals surface area (Å²) in [4.78, 5) is 18.8. The van der Waals surface area contributed by atoms with Crippen LogP contribution >= 0.6 is 11.3 Å². The van der Waals surface area contributed by atoms with E-state index in [1.54, 1.807) is 11.3 Å². The number of rotatable bonds is 6. The van der Waals surface area contributed by atoms with Crippen molar-refractivity contribution in [2.75, 3.05) is 13.6 Å². The summed E-state index contributed by atoms with van der Waals surface area (Å²) in [6.07, 6.45) is 0. The summed E-state index contributed by atoms with van der Waals surface area (Å²) in [7, 11) is 1.94. The Labute approximate surface area is 146 Å². The first-order chi connectivity index (χ1) is 11.6. The van der Waals surface area contributed by atoms with E-state index in [0.29, 0.717) is 13.1 Å². The first kappa shape index (κ1) is 16.6. The Hall–Kier alpha value is -2.24. The molecule has 124 valence electrons. The summed E-state index contributed by atoms with van der Waals surface area (Å²) in [6.45, 7) is 3.03. The Morgan fingerprint density at radius 2 is 1.88 bits per heavy atom. The third-order valence-electron chi connectivity index (χ3n) is 3.83. The lowest BCUT2D eigenvalue weighted by Crippen LogP contribution is -2.36. The third-order valence-corrected chi connectivity index (χ3v) is 4.86. The van der Waals surface area contributed by atoms with Gasteiger partial charge in [-0.25, -0.2) is 4.98 Å². The summed E-state index contributed by atoms with van der Waals surface area (Å²) in [5, 5.41) is 4.07. The Morgan fingerprint density at radius 1 is 1.17 bits per heavy atom. The second kappa shape index (κ2) is 7.55. The molecule has 1 atom stereocenters. The van der Waals surface area contributed by atoms with Gasteiger partial charge >= 0.3 is 0 Å². The van der Waals surface area contributed by atoms with E-state index in [9.17, 15) is 4.79 Å². The fourth-order valence-electron chi connectivity index (χ4n) is 2.63. The van der Waals surface area contributed by atoms with Crippen LogP contribution in [0.25, 0.3) is 10.2 Å². The van der Waals surface area contributed by atoms with Crippen molar-refractivity contribution in [2.45, 2.75) is 19.5 Å². The van der Waals surface area contributed by atoms with Gasteiger partial charge in [0.2, 0.25) is 5.91 Å². The van der Waals surface area contributed by atoms with Gasteiger partial charge in [-0.05, 0) is 31.7 Å². The van der Waals surface area contributed by atoms with E-state index in [1.165, 1.54) is 4.70 Å². The molecule has 0 spiro atoms. The van der Waals surface area contributed by atoms with Gasteiger partial charge < -0.3 is 5.32 Å². The Morgan fingerprint density at radius 3 is 2.62 bits per heavy atom. The number of hydrogen-bond acceptors (Lipinski definition) is 4. The molecule has 3 aromatic rings. The van der Waals surface area contributed by atoms with Gasteiger partial charge in [-0.2, -0.15) is 0 Å². The molecule has 1 aromatic heterocycles. The highest BCUT2D eigenvalue weighted by atomic mass is 32.1. The predicted octanol–water partition coefficient (Wildman–Crippen LogP) is 3.61. The molecule has 5 heteroatoms. The van der Waals surface area contributed by atoms with Crippen LogP contribution in [0.4, 0.5) is 0 Å². The van der Waals surface area contributed by atoms with E-state index in [0.717, 1.165) is 16.1 Å². The third kappa shape index (κ3) is 4.19. The zero-order valence-electron chi connectivity index (χ0n) is 13.9. The molecule has 4 nitrogen and oxygen atoms in total. The zero-order chi connectivity index (χ0) is 16.9. The fraction of sp³-hybridized carbons (Fsp3) is 0.263. The first-order valence-electron chi connectivity index (χ1n) is 7.99. The highest BCUT2D eigenvalue weighted by Gasteiger charge is 2.13. The largest absolute Gasteiger partial charge is 0.348 e. The van der Waals surface area contributed by atoms with E-state index in [1.807, 2.05) is 67.4 Å². The second-order valence-corrected chi connectivity index (χ2v) is 7.06. The Bertz CT molecular complexity index is 783. The van der Waals surface area contributed by atoms with E-state index in [2.05, 4.69) is 16.4 Å². The minimum absolute atomic E-state index is 0.00884. The van der Waals surface area contributed by atoms with E-state index < -0.39 is 0 Å². The van der Waals surface area contributed by atoms with Gasteiger partial charge in [0.15, 0.2) is 0 Å². The number of carbonyl (C=O) groups is 1. The van der Waals surface area contributed by atoms with Crippen LogP contribution in [-0.4, -0.2) is 29.4 Å². The number of nitrogens with one attached hydrogen (secondary N) is 1. The molecule has 1 heterocycles. The summed E-state index contributed by atoms with van der Waals surface area (Å²) >= 11 is 1.68. The van der Waals surface area contributed by atoms with Crippen LogP contribution in [0.15, 0.2) is 54.6 Å². The number of para-hydroxylation sites is 1. The second-order valence-electron chi connectivity index (χ2n) is 5.95. The molecule has 2 aromatic carbocycles. The number of carbonyl (C=O) groups excluding carboxylic acids is 1. The van der Waals surface area contributed by atoms with Gasteiger partial charge in [0, 0.05) is 0 Å². The van der Waals surface area contributed by atoms with Gasteiger partial charge in [0.05, 0.1) is 29.3 Å². The number of aromatic nitrogens is 1. The fourth-order valence-corrected chi connectivity index (χ4v) is 3.68. The van der Waals surface area contributed by atoms with Crippen molar-refractivity contribution in [3.05, 3.63) is 65.2 Å². The van der Waals surface area contributed by atoms with Gasteiger partial charge in [0.1, 0.15) is 5.01 Å². The quantitative estimate of drug-likeness (QED) is 0.746. The molecule has 0 fully saturated rings. The number of fused-ring (bicyclic) bond motifs is 1. The van der Waals surface area contributed by atoms with E-state index in [4.69, 9.17) is 0 Å². The predicted molar refractivity (Wildman–Crippen MR) is 99.0 cm³/mol. The SMILES string of the molecule is C[C@@H](NC(=O)CN(C)Cc1nc2ccccc2s1)c1ccccc1. The van der Waals surface area contributed by atoms with E-state index >= 15 is 0 Å². The average Bonchev–Trinajstić information content (AvgIpc) is 2.97. The Balaban J connectivity index is 1.54. The summed E-state index contributed by atoms with van der Waals surface area (Å²) in [6, 6.07) is 18.1. The minimum Gasteiger partial charge on any atom is -0.348 e. The average molecular weight is 339 g/mol. The number of thiazole rings is 1. The number of nitrogens with zero attached hydrogens (tertiary/aromatic N) is 2. The highest BCUT2D eigenvalue weighted by Crippen LogP contribution is 2.22. The topological polar surface area (TPSA) is 45.2 Å². The monoisotopic (exact) mass is 339 g/mol. The van der Waals surface area contributed by atoms with Crippen molar-refractivity contribution >= 4 is 27.5 Å². The first-order valence-corrected chi connectivity index (χ1v) is 8.81. The van der Waals surface area contributed by atoms with Crippen LogP contribution in [0.5, 0.6) is 0 Å². The van der Waals surface area contributed by atoms with E-state index in [-0.39, 0.29) is 11.9 Å². The standard InChI is InChI=1S/C19H21N3OS/c1-14(15-8-4-3-5-9-15)20-18(23)12-22(2)13-19-21-16-10-6-7-11-17(16)24-19/h3-11,14H,12-13H2,1-2H3,(H,20,23)/t14-/m1/s1. The lowest BCUT2D eigenvalue weighted by Gasteiger charge is -2.18. The summed E-state index contributed by atoms with van der Waals surface area (Å²) < 4.78 is 1.18. The molecule has 1 N–H and O–H groups in total. The zero-order valence-corrected chi connectivity index (χ0v) is 14.7. The summed E-state index contributed by atoms with van der Waals surface area (Å²) in [5.74, 6) is 0.0231. The maximum absolute atomic E-state index is 12.2. The van der Waals surface area contributed by atoms with Gasteiger partial charge in [0.25, 0.3) is 0 Å². The molecule has 0 unspecified atom stereocenters. The van der Waals surface area contributed by atoms with Crippen LogP contribution in [-0.2, 0) is 11.3 Å². The minimum atomic E-state index is 0.00884. The van der Waals surface area contributed by atoms with Crippen LogP contribution in [0.3, 0.4) is 0 Å². The summed E-state index contributed by atoms with van der Waals surface area (Å²) in [5.41, 5.74) is 2.13. The molecular formula is C19H21N3OS. The van der Waals surface area contributed by atoms with Crippen LogP contribution in [0.2, 0.25) is 0 Å². The molecular weight excluding hydrogens is 318 g/mol. The molecule has 0 aliphatic rings. The number of amides is 1. The van der Waals surface area contributed by atoms with Crippen molar-refractivity contribution in [1.82, 2.24) is 15.2 Å². The van der Waals surface area contributed by atoms with Crippen molar-refractivity contribution < 1.29 is 4.79 Å². The van der Waals surface area contributed by atoms with Crippen molar-refractivity contribution in [3.63, 3.8) is 0 Å². The smallest absolute Gasteiger partial charge is 0.234 e. The molecule has 24 heavy (non-hydrogen) atoms. The number of hydrogen-bond donors (Lipinski definition) is 1. The van der Waals surface area contributed by atoms with Gasteiger partial charge in [-0.1, -0.05) is 42.5 Å². The number of benzene rings is 2. The Kier molecular flexibility index (Phi) is 5.23. The molecule has 0 saturated heterocycles. The maximum atomic E-state index is 12.2. The van der Waals surface area contributed by atoms with Crippen LogP contribution in [0.1, 0.15) is 23.5 Å². The normalized spacial score (nSPS) is 12.5. The van der Waals surface area contributed by atoms with Crippen molar-refractivity contribution in [2.24, 2.45) is 0 Å². The molecule has 0 aliphatic carbocycles. The highest BCUT2D eigenvalue weighted by molar-refractivity contribution is 7.18. The van der Waals surface area contributed by atoms with Gasteiger partial charge in [-0.15, -0.1) is 11.3 Å². The molecule has 0 aliphatic heterocycles.